The molecule has 0 aliphatic heterocycles. The summed E-state index contributed by atoms with van der Waals surface area (Å²) in [5.41, 5.74) is 1.40. The molecular weight excluding hydrogens is 292 g/mol. The van der Waals surface area contributed by atoms with Gasteiger partial charge in [0.2, 0.25) is 0 Å². The van der Waals surface area contributed by atoms with Gasteiger partial charge in [-0.3, -0.25) is 4.98 Å². The van der Waals surface area contributed by atoms with Gasteiger partial charge in [0.05, 0.1) is 12.2 Å². The third-order valence-corrected chi connectivity index (χ3v) is 2.73. The lowest BCUT2D eigenvalue weighted by molar-refractivity contribution is -0.0498. The van der Waals surface area contributed by atoms with E-state index >= 15 is 0 Å². The van der Waals surface area contributed by atoms with Crippen LogP contribution in [0.1, 0.15) is 11.3 Å². The van der Waals surface area contributed by atoms with Crippen LogP contribution in [-0.2, 0) is 13.1 Å². The van der Waals surface area contributed by atoms with Crippen LogP contribution in [0.5, 0.6) is 5.75 Å². The number of ether oxygens (including phenoxy) is 1. The molecule has 1 aromatic heterocycles. The number of hydrogen-bond donors (Lipinski definition) is 2. The van der Waals surface area contributed by atoms with Gasteiger partial charge >= 0.3 is 12.6 Å². The number of carbonyl (C=O) groups excluding carboxylic acids is 1. The molecule has 0 spiro atoms. The van der Waals surface area contributed by atoms with E-state index < -0.39 is 6.61 Å². The van der Waals surface area contributed by atoms with Crippen molar-refractivity contribution in [2.75, 3.05) is 0 Å². The first-order valence-electron chi connectivity index (χ1n) is 6.59. The Labute approximate surface area is 126 Å². The average Bonchev–Trinajstić information content (AvgIpc) is 2.52. The lowest BCUT2D eigenvalue weighted by Crippen LogP contribution is -2.34. The quantitative estimate of drug-likeness (QED) is 0.862. The smallest absolute Gasteiger partial charge is 0.387 e. The van der Waals surface area contributed by atoms with Crippen molar-refractivity contribution in [3.05, 3.63) is 59.9 Å². The summed E-state index contributed by atoms with van der Waals surface area (Å²) in [6.07, 6.45) is 1.64. The van der Waals surface area contributed by atoms with Gasteiger partial charge in [0.15, 0.2) is 0 Å². The molecule has 116 valence electrons. The maximum Gasteiger partial charge on any atom is 0.387 e. The van der Waals surface area contributed by atoms with E-state index in [9.17, 15) is 13.6 Å². The Balaban J connectivity index is 1.78. The van der Waals surface area contributed by atoms with Gasteiger partial charge in [0.1, 0.15) is 5.75 Å². The highest BCUT2D eigenvalue weighted by atomic mass is 19.3. The number of alkyl halides is 2. The number of carbonyl (C=O) groups is 1. The monoisotopic (exact) mass is 307 g/mol. The summed E-state index contributed by atoms with van der Waals surface area (Å²) in [5.74, 6) is 0.0585. The van der Waals surface area contributed by atoms with Crippen molar-refractivity contribution in [2.45, 2.75) is 19.7 Å². The largest absolute Gasteiger partial charge is 0.435 e. The highest BCUT2D eigenvalue weighted by molar-refractivity contribution is 5.73. The van der Waals surface area contributed by atoms with Gasteiger partial charge in [0, 0.05) is 12.7 Å². The zero-order valence-corrected chi connectivity index (χ0v) is 11.6. The average molecular weight is 307 g/mol. The maximum absolute atomic E-state index is 12.1. The Morgan fingerprint density at radius 1 is 1.14 bits per heavy atom. The van der Waals surface area contributed by atoms with Crippen molar-refractivity contribution >= 4 is 6.03 Å². The fourth-order valence-electron chi connectivity index (χ4n) is 1.75. The van der Waals surface area contributed by atoms with Gasteiger partial charge < -0.3 is 15.4 Å². The molecule has 5 nitrogen and oxygen atoms in total. The van der Waals surface area contributed by atoms with E-state index in [1.54, 1.807) is 30.5 Å². The number of aromatic nitrogens is 1. The minimum atomic E-state index is -2.87. The van der Waals surface area contributed by atoms with Crippen LogP contribution in [-0.4, -0.2) is 17.6 Å². The van der Waals surface area contributed by atoms with Crippen molar-refractivity contribution in [3.8, 4) is 5.75 Å². The van der Waals surface area contributed by atoms with E-state index in [0.29, 0.717) is 12.1 Å². The molecule has 2 aromatic rings. The zero-order valence-electron chi connectivity index (χ0n) is 11.6. The number of rotatable bonds is 6. The Hall–Kier alpha value is -2.70. The van der Waals surface area contributed by atoms with Gasteiger partial charge in [-0.15, -0.1) is 0 Å². The van der Waals surface area contributed by atoms with Crippen LogP contribution in [0.15, 0.2) is 48.7 Å². The molecule has 0 fully saturated rings. The molecule has 0 saturated carbocycles. The van der Waals surface area contributed by atoms with Crippen LogP contribution in [0.4, 0.5) is 13.6 Å². The molecule has 0 aliphatic carbocycles. The van der Waals surface area contributed by atoms with E-state index in [2.05, 4.69) is 20.4 Å². The molecule has 22 heavy (non-hydrogen) atoms. The molecule has 2 rings (SSSR count). The molecule has 2 N–H and O–H groups in total. The highest BCUT2D eigenvalue weighted by Crippen LogP contribution is 2.15. The van der Waals surface area contributed by atoms with Crippen LogP contribution in [0.3, 0.4) is 0 Å². The summed E-state index contributed by atoms with van der Waals surface area (Å²) < 4.78 is 28.5. The second kappa shape index (κ2) is 7.92. The highest BCUT2D eigenvalue weighted by Gasteiger charge is 2.05. The lowest BCUT2D eigenvalue weighted by Gasteiger charge is -2.09. The second-order valence-corrected chi connectivity index (χ2v) is 4.38. The van der Waals surface area contributed by atoms with E-state index in [0.717, 1.165) is 5.69 Å². The Morgan fingerprint density at radius 2 is 1.95 bits per heavy atom. The summed E-state index contributed by atoms with van der Waals surface area (Å²) in [7, 11) is 0. The first-order valence-corrected chi connectivity index (χ1v) is 6.59. The minimum absolute atomic E-state index is 0.0585. The number of benzene rings is 1. The molecule has 7 heteroatoms. The van der Waals surface area contributed by atoms with Crippen molar-refractivity contribution in [3.63, 3.8) is 0 Å². The van der Waals surface area contributed by atoms with E-state index in [-0.39, 0.29) is 18.3 Å². The van der Waals surface area contributed by atoms with Crippen LogP contribution in [0.2, 0.25) is 0 Å². The fourth-order valence-corrected chi connectivity index (χ4v) is 1.75. The molecule has 1 aromatic carbocycles. The third-order valence-electron chi connectivity index (χ3n) is 2.73. The number of pyridine rings is 1. The van der Waals surface area contributed by atoms with Gasteiger partial charge in [-0.2, -0.15) is 8.78 Å². The number of hydrogen-bond acceptors (Lipinski definition) is 3. The van der Waals surface area contributed by atoms with Crippen molar-refractivity contribution in [1.82, 2.24) is 15.6 Å². The van der Waals surface area contributed by atoms with E-state index in [4.69, 9.17) is 0 Å². The molecule has 0 atom stereocenters. The van der Waals surface area contributed by atoms with E-state index in [1.807, 2.05) is 6.07 Å². The van der Waals surface area contributed by atoms with E-state index in [1.165, 1.54) is 12.1 Å². The van der Waals surface area contributed by atoms with Gasteiger partial charge in [-0.25, -0.2) is 4.79 Å². The van der Waals surface area contributed by atoms with Crippen molar-refractivity contribution in [2.24, 2.45) is 0 Å². The molecule has 0 saturated heterocycles. The Bertz CT molecular complexity index is 609. The fraction of sp³-hybridized carbons (Fsp3) is 0.200. The summed E-state index contributed by atoms with van der Waals surface area (Å²) in [5, 5.41) is 5.28. The van der Waals surface area contributed by atoms with Crippen LogP contribution >= 0.6 is 0 Å². The predicted octanol–water partition coefficient (Wildman–Crippen LogP) is 2.68. The maximum atomic E-state index is 12.1. The minimum Gasteiger partial charge on any atom is -0.435 e. The number of urea groups is 1. The normalized spacial score (nSPS) is 10.3. The number of amides is 2. The number of halogens is 2. The molecule has 2 amide bonds. The van der Waals surface area contributed by atoms with Crippen LogP contribution in [0, 0.1) is 0 Å². The summed E-state index contributed by atoms with van der Waals surface area (Å²) in [6, 6.07) is 11.2. The predicted molar refractivity (Wildman–Crippen MR) is 76.4 cm³/mol. The number of nitrogens with one attached hydrogen (secondary N) is 2. The van der Waals surface area contributed by atoms with Crippen LogP contribution in [0.25, 0.3) is 0 Å². The molecule has 0 unspecified atom stereocenters. The standard InChI is InChI=1S/C15H15F2N3O2/c16-14(17)22-13-6-3-4-11(8-13)9-19-15(21)20-10-12-5-1-2-7-18-12/h1-8,14H,9-10H2,(H2,19,20,21). The zero-order chi connectivity index (χ0) is 15.8. The third kappa shape index (κ3) is 5.35. The molecule has 0 aliphatic rings. The molecule has 1 heterocycles. The molecule has 0 radical (unpaired) electrons. The lowest BCUT2D eigenvalue weighted by atomic mass is 10.2. The molecule has 0 bridgehead atoms. The van der Waals surface area contributed by atoms with Gasteiger partial charge in [-0.1, -0.05) is 18.2 Å². The topological polar surface area (TPSA) is 63.2 Å². The first kappa shape index (κ1) is 15.7. The summed E-state index contributed by atoms with van der Waals surface area (Å²) in [4.78, 5) is 15.7. The molecular formula is C15H15F2N3O2. The SMILES string of the molecule is O=C(NCc1cccc(OC(F)F)c1)NCc1ccccn1. The number of nitrogens with zero attached hydrogens (tertiary/aromatic N) is 1. The summed E-state index contributed by atoms with van der Waals surface area (Å²) in [6.45, 7) is -2.36. The first-order chi connectivity index (χ1) is 10.6. The van der Waals surface area contributed by atoms with Gasteiger partial charge in [0.25, 0.3) is 0 Å². The van der Waals surface area contributed by atoms with Crippen molar-refractivity contribution in [1.29, 1.82) is 0 Å². The Kier molecular flexibility index (Phi) is 5.65. The van der Waals surface area contributed by atoms with Crippen LogP contribution < -0.4 is 15.4 Å². The summed E-state index contributed by atoms with van der Waals surface area (Å²) >= 11 is 0. The van der Waals surface area contributed by atoms with Gasteiger partial charge in [-0.05, 0) is 29.8 Å². The second-order valence-electron chi connectivity index (χ2n) is 4.38. The van der Waals surface area contributed by atoms with Crippen molar-refractivity contribution < 1.29 is 18.3 Å². The Morgan fingerprint density at radius 3 is 2.68 bits per heavy atom.